The minimum absolute atomic E-state index is 0.418. The first kappa shape index (κ1) is 22.1. The van der Waals surface area contributed by atoms with Gasteiger partial charge in [-0.1, -0.05) is 46.7 Å². The van der Waals surface area contributed by atoms with Gasteiger partial charge in [0.15, 0.2) is 5.01 Å². The smallest absolute Gasteiger partial charge is 0.157 e. The summed E-state index contributed by atoms with van der Waals surface area (Å²) in [5.41, 5.74) is 1.32. The van der Waals surface area contributed by atoms with Crippen molar-refractivity contribution >= 4 is 45.9 Å². The lowest BCUT2D eigenvalue weighted by Crippen LogP contribution is -2.55. The molecule has 11 heteroatoms. The number of nitrogens with zero attached hydrogens (tertiary/aromatic N) is 2. The van der Waals surface area contributed by atoms with E-state index in [0.717, 1.165) is 20.5 Å². The van der Waals surface area contributed by atoms with E-state index in [1.165, 1.54) is 22.7 Å². The lowest BCUT2D eigenvalue weighted by Gasteiger charge is -2.40. The van der Waals surface area contributed by atoms with Crippen LogP contribution in [0.3, 0.4) is 0 Å². The molecule has 0 amide bonds. The van der Waals surface area contributed by atoms with Crippen molar-refractivity contribution in [1.82, 2.24) is 10.2 Å². The topological polar surface area (TPSA) is 116 Å². The maximum atomic E-state index is 10.4. The molecule has 0 spiro atoms. The Morgan fingerprint density at radius 1 is 0.967 bits per heavy atom. The SMILES string of the molecule is OCC1OC(c2ccc(Cl)c(Cc3nnc(-c4ccc(Cl)s4)s3)c2)C(O)C(O)C1O. The summed E-state index contributed by atoms with van der Waals surface area (Å²) in [4.78, 5) is 0.935. The van der Waals surface area contributed by atoms with Crippen molar-refractivity contribution in [2.45, 2.75) is 36.9 Å². The van der Waals surface area contributed by atoms with Crippen LogP contribution in [0.25, 0.3) is 9.88 Å². The van der Waals surface area contributed by atoms with Gasteiger partial charge >= 0.3 is 0 Å². The van der Waals surface area contributed by atoms with Crippen molar-refractivity contribution in [3.8, 4) is 9.88 Å². The molecule has 5 atom stereocenters. The van der Waals surface area contributed by atoms with Crippen molar-refractivity contribution in [3.63, 3.8) is 0 Å². The molecule has 0 radical (unpaired) electrons. The molecule has 1 aliphatic rings. The number of rotatable bonds is 5. The molecule has 160 valence electrons. The molecule has 30 heavy (non-hydrogen) atoms. The molecule has 0 bridgehead atoms. The highest BCUT2D eigenvalue weighted by Gasteiger charge is 2.44. The first-order chi connectivity index (χ1) is 14.4. The summed E-state index contributed by atoms with van der Waals surface area (Å²) in [6.45, 7) is -0.484. The fourth-order valence-electron chi connectivity index (χ4n) is 3.30. The van der Waals surface area contributed by atoms with Gasteiger partial charge in [-0.25, -0.2) is 0 Å². The van der Waals surface area contributed by atoms with Crippen LogP contribution in [0.2, 0.25) is 9.36 Å². The summed E-state index contributed by atoms with van der Waals surface area (Å²) in [6.07, 6.45) is -5.68. The number of halogens is 2. The van der Waals surface area contributed by atoms with Crippen LogP contribution < -0.4 is 0 Å². The number of aliphatic hydroxyl groups excluding tert-OH is 4. The highest BCUT2D eigenvalue weighted by Crippen LogP contribution is 2.36. The average molecular weight is 489 g/mol. The van der Waals surface area contributed by atoms with Gasteiger partial charge in [0, 0.05) is 11.4 Å². The van der Waals surface area contributed by atoms with Crippen molar-refractivity contribution in [2.75, 3.05) is 6.61 Å². The van der Waals surface area contributed by atoms with Gasteiger partial charge in [-0.15, -0.1) is 21.5 Å². The van der Waals surface area contributed by atoms with Crippen LogP contribution in [-0.2, 0) is 11.2 Å². The molecule has 7 nitrogen and oxygen atoms in total. The second-order valence-corrected chi connectivity index (χ2v) is 10.1. The number of hydrogen-bond acceptors (Lipinski definition) is 9. The summed E-state index contributed by atoms with van der Waals surface area (Å²) >= 11 is 15.2. The highest BCUT2D eigenvalue weighted by atomic mass is 35.5. The molecule has 5 unspecified atom stereocenters. The van der Waals surface area contributed by atoms with Gasteiger partial charge in [-0.2, -0.15) is 0 Å². The zero-order valence-corrected chi connectivity index (χ0v) is 18.5. The van der Waals surface area contributed by atoms with Gasteiger partial charge in [0.05, 0.1) is 15.8 Å². The third kappa shape index (κ3) is 4.40. The summed E-state index contributed by atoms with van der Waals surface area (Å²) in [5, 5.41) is 50.3. The predicted molar refractivity (Wildman–Crippen MR) is 115 cm³/mol. The Balaban J connectivity index is 1.57. The van der Waals surface area contributed by atoms with Gasteiger partial charge < -0.3 is 25.2 Å². The third-order valence-electron chi connectivity index (χ3n) is 4.88. The summed E-state index contributed by atoms with van der Waals surface area (Å²) < 4.78 is 6.31. The van der Waals surface area contributed by atoms with E-state index in [4.69, 9.17) is 27.9 Å². The van der Waals surface area contributed by atoms with Gasteiger partial charge in [-0.05, 0) is 29.3 Å². The Morgan fingerprint density at radius 2 is 1.77 bits per heavy atom. The fourth-order valence-corrected chi connectivity index (χ4v) is 5.44. The summed E-state index contributed by atoms with van der Waals surface area (Å²) in [7, 11) is 0. The Morgan fingerprint density at radius 3 is 2.47 bits per heavy atom. The Kier molecular flexibility index (Phi) is 6.73. The van der Waals surface area contributed by atoms with Crippen LogP contribution in [0.1, 0.15) is 22.2 Å². The number of aliphatic hydroxyl groups is 4. The van der Waals surface area contributed by atoms with Crippen molar-refractivity contribution in [3.05, 3.63) is 55.8 Å². The van der Waals surface area contributed by atoms with E-state index in [1.54, 1.807) is 18.2 Å². The average Bonchev–Trinajstić information content (AvgIpc) is 3.37. The molecule has 3 aromatic rings. The maximum absolute atomic E-state index is 10.4. The van der Waals surface area contributed by atoms with Crippen LogP contribution >= 0.6 is 45.9 Å². The van der Waals surface area contributed by atoms with Gasteiger partial charge in [-0.3, -0.25) is 0 Å². The molecule has 4 N–H and O–H groups in total. The predicted octanol–water partition coefficient (Wildman–Crippen LogP) is 2.68. The largest absolute Gasteiger partial charge is 0.394 e. The normalized spacial score (nSPS) is 26.8. The van der Waals surface area contributed by atoms with Crippen molar-refractivity contribution < 1.29 is 25.2 Å². The Bertz CT molecular complexity index is 1030. The first-order valence-corrected chi connectivity index (χ1v) is 11.4. The van der Waals surface area contributed by atoms with Crippen LogP contribution in [0, 0.1) is 0 Å². The standard InChI is InChI=1S/C19H18Cl2N2O5S2/c20-10-2-1-8(18-17(27)16(26)15(25)11(7-24)28-18)5-9(10)6-14-22-23-19(30-14)12-3-4-13(21)29-12/h1-5,11,15-18,24-27H,6-7H2. The van der Waals surface area contributed by atoms with Gasteiger partial charge in [0.25, 0.3) is 0 Å². The third-order valence-corrected chi connectivity index (χ3v) is 7.58. The van der Waals surface area contributed by atoms with E-state index < -0.39 is 37.1 Å². The van der Waals surface area contributed by atoms with E-state index in [2.05, 4.69) is 10.2 Å². The molecule has 0 aliphatic carbocycles. The van der Waals surface area contributed by atoms with Crippen LogP contribution in [-0.4, -0.2) is 61.6 Å². The van der Waals surface area contributed by atoms with Crippen LogP contribution in [0.5, 0.6) is 0 Å². The first-order valence-electron chi connectivity index (χ1n) is 9.04. The molecular formula is C19H18Cl2N2O5S2. The quantitative estimate of drug-likeness (QED) is 0.436. The lowest BCUT2D eigenvalue weighted by atomic mass is 9.90. The minimum Gasteiger partial charge on any atom is -0.394 e. The summed E-state index contributed by atoms with van der Waals surface area (Å²) in [6, 6.07) is 8.82. The molecule has 1 aliphatic heterocycles. The number of hydrogen-bond donors (Lipinski definition) is 4. The van der Waals surface area contributed by atoms with Gasteiger partial charge in [0.1, 0.15) is 35.5 Å². The maximum Gasteiger partial charge on any atom is 0.157 e. The van der Waals surface area contributed by atoms with Crippen LogP contribution in [0.4, 0.5) is 0 Å². The molecule has 0 saturated carbocycles. The van der Waals surface area contributed by atoms with E-state index in [9.17, 15) is 20.4 Å². The molecule has 1 fully saturated rings. The Hall–Kier alpha value is -1.14. The summed E-state index contributed by atoms with van der Waals surface area (Å²) in [5.74, 6) is 0. The number of ether oxygens (including phenoxy) is 1. The molecule has 2 aromatic heterocycles. The van der Waals surface area contributed by atoms with E-state index in [0.29, 0.717) is 21.3 Å². The molecule has 1 aromatic carbocycles. The number of benzene rings is 1. The van der Waals surface area contributed by atoms with Crippen molar-refractivity contribution in [1.29, 1.82) is 0 Å². The monoisotopic (exact) mass is 488 g/mol. The lowest BCUT2D eigenvalue weighted by molar-refractivity contribution is -0.231. The van der Waals surface area contributed by atoms with Gasteiger partial charge in [0.2, 0.25) is 0 Å². The minimum atomic E-state index is -1.44. The number of aromatic nitrogens is 2. The molecular weight excluding hydrogens is 471 g/mol. The fraction of sp³-hybridized carbons (Fsp3) is 0.368. The second-order valence-electron chi connectivity index (χ2n) is 6.88. The van der Waals surface area contributed by atoms with E-state index >= 15 is 0 Å². The molecule has 3 heterocycles. The van der Waals surface area contributed by atoms with E-state index in [1.807, 2.05) is 12.1 Å². The number of thiophene rings is 1. The van der Waals surface area contributed by atoms with Crippen LogP contribution in [0.15, 0.2) is 30.3 Å². The second kappa shape index (κ2) is 9.15. The molecule has 4 rings (SSSR count). The molecule has 1 saturated heterocycles. The zero-order valence-electron chi connectivity index (χ0n) is 15.4. The Labute approximate surface area is 190 Å². The van der Waals surface area contributed by atoms with Crippen molar-refractivity contribution in [2.24, 2.45) is 0 Å². The van der Waals surface area contributed by atoms with E-state index in [-0.39, 0.29) is 0 Å². The zero-order chi connectivity index (χ0) is 21.4. The highest BCUT2D eigenvalue weighted by molar-refractivity contribution is 7.23.